The molecular formula is C20H16N4O4S2. The lowest BCUT2D eigenvalue weighted by molar-refractivity contribution is 0.102. The molecule has 1 amide bonds. The Balaban J connectivity index is 1.55. The first kappa shape index (κ1) is 19.9. The van der Waals surface area contributed by atoms with E-state index in [1.807, 2.05) is 30.5 Å². The summed E-state index contributed by atoms with van der Waals surface area (Å²) in [7, 11) is -3.31. The van der Waals surface area contributed by atoms with Crippen LogP contribution in [0.25, 0.3) is 22.6 Å². The number of nitrogens with zero attached hydrogens (tertiary/aromatic N) is 3. The molecule has 1 N–H and O–H groups in total. The molecule has 0 unspecified atom stereocenters. The molecule has 0 aliphatic rings. The predicted octanol–water partition coefficient (Wildman–Crippen LogP) is 3.82. The van der Waals surface area contributed by atoms with E-state index in [1.54, 1.807) is 12.1 Å². The zero-order valence-electron chi connectivity index (χ0n) is 16.0. The number of nitrogens with one attached hydrogen (secondary N) is 1. The fraction of sp³-hybridized carbons (Fsp3) is 0.100. The van der Waals surface area contributed by atoms with Gasteiger partial charge in [-0.15, -0.1) is 11.3 Å². The highest BCUT2D eigenvalue weighted by molar-refractivity contribution is 7.90. The summed E-state index contributed by atoms with van der Waals surface area (Å²) < 4.78 is 28.2. The molecule has 0 spiro atoms. The van der Waals surface area contributed by atoms with Crippen molar-refractivity contribution in [2.24, 2.45) is 0 Å². The Morgan fingerprint density at radius 3 is 2.53 bits per heavy atom. The number of pyridine rings is 1. The summed E-state index contributed by atoms with van der Waals surface area (Å²) in [4.78, 5) is 21.8. The highest BCUT2D eigenvalue weighted by Crippen LogP contribution is 2.27. The van der Waals surface area contributed by atoms with Gasteiger partial charge in [0.15, 0.2) is 15.0 Å². The number of benzene rings is 1. The summed E-state index contributed by atoms with van der Waals surface area (Å²) >= 11 is 1.28. The van der Waals surface area contributed by atoms with Crippen molar-refractivity contribution in [3.8, 4) is 22.6 Å². The molecule has 0 aliphatic heterocycles. The number of aromatic nitrogens is 3. The summed E-state index contributed by atoms with van der Waals surface area (Å²) in [5, 5.41) is 8.86. The van der Waals surface area contributed by atoms with E-state index in [4.69, 9.17) is 4.52 Å². The second kappa shape index (κ2) is 7.81. The van der Waals surface area contributed by atoms with Gasteiger partial charge < -0.3 is 4.52 Å². The van der Waals surface area contributed by atoms with Gasteiger partial charge in [-0.25, -0.2) is 13.4 Å². The van der Waals surface area contributed by atoms with E-state index in [0.29, 0.717) is 22.1 Å². The minimum absolute atomic E-state index is 0.181. The van der Waals surface area contributed by atoms with E-state index in [1.165, 1.54) is 29.7 Å². The van der Waals surface area contributed by atoms with Crippen LogP contribution in [0.4, 0.5) is 5.13 Å². The van der Waals surface area contributed by atoms with Crippen LogP contribution in [0.15, 0.2) is 63.5 Å². The molecule has 0 bridgehead atoms. The number of hydrogen-bond acceptors (Lipinski definition) is 8. The first-order chi connectivity index (χ1) is 14.3. The molecule has 0 saturated carbocycles. The highest BCUT2D eigenvalue weighted by atomic mass is 32.2. The van der Waals surface area contributed by atoms with E-state index < -0.39 is 15.7 Å². The normalized spacial score (nSPS) is 11.4. The molecule has 3 heterocycles. The fourth-order valence-electron chi connectivity index (χ4n) is 2.76. The van der Waals surface area contributed by atoms with Crippen LogP contribution in [-0.4, -0.2) is 35.7 Å². The van der Waals surface area contributed by atoms with Crippen molar-refractivity contribution in [2.45, 2.75) is 11.8 Å². The third kappa shape index (κ3) is 4.14. The summed E-state index contributed by atoms with van der Waals surface area (Å²) in [6.45, 7) is 1.90. The second-order valence-electron chi connectivity index (χ2n) is 6.53. The average molecular weight is 441 g/mol. The molecule has 4 aromatic rings. The van der Waals surface area contributed by atoms with Crippen LogP contribution in [0.3, 0.4) is 0 Å². The van der Waals surface area contributed by atoms with Crippen LogP contribution in [0.2, 0.25) is 0 Å². The molecule has 0 aliphatic carbocycles. The van der Waals surface area contributed by atoms with Gasteiger partial charge in [0, 0.05) is 22.9 Å². The average Bonchev–Trinajstić information content (AvgIpc) is 3.37. The van der Waals surface area contributed by atoms with Crippen molar-refractivity contribution < 1.29 is 17.7 Å². The zero-order chi connectivity index (χ0) is 21.3. The number of amides is 1. The SMILES string of the molecule is Cc1cccc(-c2csc(NC(=O)c3conc3-c3ccc(S(C)(=O)=O)cc3)n2)n1. The Bertz CT molecular complexity index is 1320. The zero-order valence-corrected chi connectivity index (χ0v) is 17.6. The van der Waals surface area contributed by atoms with E-state index in [0.717, 1.165) is 17.6 Å². The van der Waals surface area contributed by atoms with E-state index in [-0.39, 0.29) is 10.5 Å². The van der Waals surface area contributed by atoms with E-state index in [2.05, 4.69) is 20.4 Å². The van der Waals surface area contributed by atoms with Gasteiger partial charge in [0.1, 0.15) is 23.2 Å². The largest absolute Gasteiger partial charge is 0.363 e. The third-order valence-electron chi connectivity index (χ3n) is 4.25. The molecule has 30 heavy (non-hydrogen) atoms. The number of anilines is 1. The summed E-state index contributed by atoms with van der Waals surface area (Å²) in [6.07, 6.45) is 2.37. The maximum Gasteiger partial charge on any atom is 0.263 e. The highest BCUT2D eigenvalue weighted by Gasteiger charge is 2.19. The van der Waals surface area contributed by atoms with E-state index >= 15 is 0 Å². The van der Waals surface area contributed by atoms with Gasteiger partial charge in [0.05, 0.1) is 10.6 Å². The van der Waals surface area contributed by atoms with Crippen molar-refractivity contribution >= 4 is 32.2 Å². The van der Waals surface area contributed by atoms with E-state index in [9.17, 15) is 13.2 Å². The maximum absolute atomic E-state index is 12.7. The first-order valence-corrected chi connectivity index (χ1v) is 11.5. The Hall–Kier alpha value is -3.37. The second-order valence-corrected chi connectivity index (χ2v) is 9.40. The van der Waals surface area contributed by atoms with Crippen molar-refractivity contribution in [3.63, 3.8) is 0 Å². The molecule has 1 aromatic carbocycles. The molecule has 152 valence electrons. The van der Waals surface area contributed by atoms with Crippen molar-refractivity contribution in [1.82, 2.24) is 15.1 Å². The van der Waals surface area contributed by atoms with Crippen LogP contribution in [-0.2, 0) is 9.84 Å². The Morgan fingerprint density at radius 2 is 1.83 bits per heavy atom. The van der Waals surface area contributed by atoms with Gasteiger partial charge in [-0.1, -0.05) is 23.4 Å². The lowest BCUT2D eigenvalue weighted by Crippen LogP contribution is -2.12. The molecule has 10 heteroatoms. The summed E-state index contributed by atoms with van der Waals surface area (Å²) in [5.41, 5.74) is 3.36. The minimum atomic E-state index is -3.31. The molecule has 0 radical (unpaired) electrons. The summed E-state index contributed by atoms with van der Waals surface area (Å²) in [6, 6.07) is 11.7. The fourth-order valence-corrected chi connectivity index (χ4v) is 4.09. The Kier molecular flexibility index (Phi) is 5.18. The Labute approximate surface area is 176 Å². The Morgan fingerprint density at radius 1 is 1.07 bits per heavy atom. The van der Waals surface area contributed by atoms with Crippen molar-refractivity contribution in [1.29, 1.82) is 0 Å². The maximum atomic E-state index is 12.7. The molecule has 8 nitrogen and oxygen atoms in total. The summed E-state index contributed by atoms with van der Waals surface area (Å²) in [5.74, 6) is -0.434. The monoisotopic (exact) mass is 440 g/mol. The number of thiazole rings is 1. The third-order valence-corrected chi connectivity index (χ3v) is 6.13. The topological polar surface area (TPSA) is 115 Å². The van der Waals surface area contributed by atoms with Crippen LogP contribution < -0.4 is 5.32 Å². The van der Waals surface area contributed by atoms with Crippen LogP contribution in [0.1, 0.15) is 16.1 Å². The van der Waals surface area contributed by atoms with Crippen molar-refractivity contribution in [2.75, 3.05) is 11.6 Å². The predicted molar refractivity (Wildman–Crippen MR) is 113 cm³/mol. The standard InChI is InChI=1S/C20H16N4O4S2/c1-12-4-3-5-16(21-12)17-11-29-20(22-17)23-19(25)15-10-28-24-18(15)13-6-8-14(9-7-13)30(2,26)27/h3-11H,1-2H3,(H,22,23,25). The number of rotatable bonds is 5. The smallest absolute Gasteiger partial charge is 0.263 e. The van der Waals surface area contributed by atoms with Crippen molar-refractivity contribution in [3.05, 3.63) is 65.4 Å². The van der Waals surface area contributed by atoms with Crippen LogP contribution in [0, 0.1) is 6.92 Å². The molecule has 4 rings (SSSR count). The molecule has 0 saturated heterocycles. The van der Waals surface area contributed by atoms with Gasteiger partial charge in [0.25, 0.3) is 5.91 Å². The van der Waals surface area contributed by atoms with Gasteiger partial charge in [-0.05, 0) is 31.2 Å². The molecule has 0 fully saturated rings. The molecular weight excluding hydrogens is 424 g/mol. The number of hydrogen-bond donors (Lipinski definition) is 1. The number of carbonyl (C=O) groups excluding carboxylic acids is 1. The first-order valence-electron chi connectivity index (χ1n) is 8.77. The van der Waals surface area contributed by atoms with Gasteiger partial charge in [-0.2, -0.15) is 0 Å². The van der Waals surface area contributed by atoms with Gasteiger partial charge in [0.2, 0.25) is 0 Å². The minimum Gasteiger partial charge on any atom is -0.363 e. The number of carbonyl (C=O) groups is 1. The molecule has 3 aromatic heterocycles. The number of sulfone groups is 1. The lowest BCUT2D eigenvalue weighted by Gasteiger charge is -2.03. The lowest BCUT2D eigenvalue weighted by atomic mass is 10.1. The molecule has 0 atom stereocenters. The number of aryl methyl sites for hydroxylation is 1. The van der Waals surface area contributed by atoms with Crippen LogP contribution >= 0.6 is 11.3 Å². The van der Waals surface area contributed by atoms with Gasteiger partial charge >= 0.3 is 0 Å². The quantitative estimate of drug-likeness (QED) is 0.501. The van der Waals surface area contributed by atoms with Gasteiger partial charge in [-0.3, -0.25) is 15.1 Å². The van der Waals surface area contributed by atoms with Crippen LogP contribution in [0.5, 0.6) is 0 Å².